The molecule has 146 valence electrons. The van der Waals surface area contributed by atoms with Crippen LogP contribution in [-0.4, -0.2) is 74.6 Å². The van der Waals surface area contributed by atoms with E-state index in [-0.39, 0.29) is 12.4 Å². The summed E-state index contributed by atoms with van der Waals surface area (Å²) in [6.45, 7) is 2.78. The van der Waals surface area contributed by atoms with Crippen molar-refractivity contribution in [3.05, 3.63) is 34.9 Å². The average Bonchev–Trinajstić information content (AvgIpc) is 2.63. The number of hydrogen-bond donors (Lipinski definition) is 6. The number of phenols is 1. The lowest BCUT2D eigenvalue weighted by Crippen LogP contribution is -2.60. The number of allylic oxidation sites excluding steroid dienone is 1. The molecule has 5 unspecified atom stereocenters. The van der Waals surface area contributed by atoms with Crippen LogP contribution in [0.1, 0.15) is 18.1 Å². The van der Waals surface area contributed by atoms with E-state index in [4.69, 9.17) is 14.6 Å². The number of ether oxygens (including phenoxy) is 2. The van der Waals surface area contributed by atoms with Crippen LogP contribution >= 0.6 is 0 Å². The Hall–Kier alpha value is -1.68. The Morgan fingerprint density at radius 2 is 1.85 bits per heavy atom. The maximum Gasteiger partial charge on any atom is 0.229 e. The molecule has 1 aliphatic rings. The maximum atomic E-state index is 10.1. The fraction of sp³-hybridized carbons (Fsp3) is 0.556. The molecule has 1 fully saturated rings. The van der Waals surface area contributed by atoms with Crippen LogP contribution in [0.2, 0.25) is 0 Å². The van der Waals surface area contributed by atoms with Crippen molar-refractivity contribution in [3.63, 3.8) is 0 Å². The smallest absolute Gasteiger partial charge is 0.229 e. The topological polar surface area (TPSA) is 140 Å². The van der Waals surface area contributed by atoms with Gasteiger partial charge in [-0.25, -0.2) is 0 Å². The van der Waals surface area contributed by atoms with Crippen LogP contribution in [0.4, 0.5) is 0 Å². The summed E-state index contributed by atoms with van der Waals surface area (Å²) in [6.07, 6.45) is -4.79. The van der Waals surface area contributed by atoms with Gasteiger partial charge in [0.2, 0.25) is 6.29 Å². The van der Waals surface area contributed by atoms with E-state index in [1.54, 1.807) is 26.0 Å². The van der Waals surface area contributed by atoms with Crippen molar-refractivity contribution in [2.24, 2.45) is 0 Å². The van der Waals surface area contributed by atoms with Crippen molar-refractivity contribution in [2.75, 3.05) is 13.2 Å². The molecule has 0 aliphatic carbocycles. The highest BCUT2D eigenvalue weighted by Gasteiger charge is 2.44. The van der Waals surface area contributed by atoms with Gasteiger partial charge in [-0.3, -0.25) is 0 Å². The van der Waals surface area contributed by atoms with Crippen molar-refractivity contribution in [2.45, 2.75) is 51.0 Å². The second-order valence-corrected chi connectivity index (χ2v) is 6.47. The molecule has 8 nitrogen and oxygen atoms in total. The van der Waals surface area contributed by atoms with Gasteiger partial charge in [0.25, 0.3) is 0 Å². The van der Waals surface area contributed by atoms with Gasteiger partial charge in [0.1, 0.15) is 35.9 Å². The van der Waals surface area contributed by atoms with Crippen molar-refractivity contribution in [1.29, 1.82) is 0 Å². The Kier molecular flexibility index (Phi) is 6.99. The summed E-state index contributed by atoms with van der Waals surface area (Å²) in [4.78, 5) is 0. The minimum absolute atomic E-state index is 0.0659. The van der Waals surface area contributed by atoms with E-state index in [0.29, 0.717) is 23.3 Å². The maximum absolute atomic E-state index is 10.1. The Balaban J connectivity index is 2.28. The molecule has 26 heavy (non-hydrogen) atoms. The first-order valence-electron chi connectivity index (χ1n) is 8.34. The molecule has 1 heterocycles. The second-order valence-electron chi connectivity index (χ2n) is 6.47. The van der Waals surface area contributed by atoms with Gasteiger partial charge in [-0.2, -0.15) is 0 Å². The standard InChI is InChI=1S/C18H26O8/c1-9(7-19)3-4-11-6-12(21)10(2)5-13(11)25-18-17(24)16(23)15(22)14(8-20)26-18/h3,5-6,14-24H,4,7-8H2,1-2H3. The molecular weight excluding hydrogens is 344 g/mol. The molecule has 0 bridgehead atoms. The SMILES string of the molecule is CC(=CCc1cc(O)c(C)cc1OC1OC(CO)C(O)C(O)C1O)CO. The monoisotopic (exact) mass is 370 g/mol. The largest absolute Gasteiger partial charge is 0.508 e. The zero-order valence-electron chi connectivity index (χ0n) is 14.7. The van der Waals surface area contributed by atoms with E-state index in [9.17, 15) is 25.5 Å². The van der Waals surface area contributed by atoms with Crippen LogP contribution in [0.3, 0.4) is 0 Å². The molecule has 2 rings (SSSR count). The zero-order valence-corrected chi connectivity index (χ0v) is 14.7. The summed E-state index contributed by atoms with van der Waals surface area (Å²) >= 11 is 0. The molecule has 0 amide bonds. The number of phenolic OH excluding ortho intramolecular Hbond substituents is 1. The second kappa shape index (κ2) is 8.81. The summed E-state index contributed by atoms with van der Waals surface area (Å²) in [5, 5.41) is 58.1. The normalized spacial score (nSPS) is 29.7. The molecule has 0 aromatic heterocycles. The van der Waals surface area contributed by atoms with Gasteiger partial charge in [0.05, 0.1) is 13.2 Å². The average molecular weight is 370 g/mol. The number of aliphatic hydroxyl groups is 5. The first kappa shape index (κ1) is 20.6. The quantitative estimate of drug-likeness (QED) is 0.364. The van der Waals surface area contributed by atoms with Crippen LogP contribution < -0.4 is 4.74 Å². The summed E-state index contributed by atoms with van der Waals surface area (Å²) in [5.41, 5.74) is 1.86. The van der Waals surface area contributed by atoms with E-state index < -0.39 is 37.3 Å². The summed E-state index contributed by atoms with van der Waals surface area (Å²) in [7, 11) is 0. The summed E-state index contributed by atoms with van der Waals surface area (Å²) in [6, 6.07) is 3.07. The van der Waals surface area contributed by atoms with Crippen molar-refractivity contribution in [3.8, 4) is 11.5 Å². The fourth-order valence-corrected chi connectivity index (χ4v) is 2.62. The third kappa shape index (κ3) is 4.53. The Morgan fingerprint density at radius 3 is 2.46 bits per heavy atom. The lowest BCUT2D eigenvalue weighted by Gasteiger charge is -2.39. The van der Waals surface area contributed by atoms with Crippen LogP contribution in [0.15, 0.2) is 23.8 Å². The number of rotatable bonds is 6. The van der Waals surface area contributed by atoms with Crippen LogP contribution in [0.25, 0.3) is 0 Å². The van der Waals surface area contributed by atoms with E-state index in [1.807, 2.05) is 0 Å². The number of hydrogen-bond acceptors (Lipinski definition) is 8. The van der Waals surface area contributed by atoms with Gasteiger partial charge >= 0.3 is 0 Å². The van der Waals surface area contributed by atoms with Gasteiger partial charge < -0.3 is 40.1 Å². The molecular formula is C18H26O8. The minimum atomic E-state index is -1.54. The van der Waals surface area contributed by atoms with Gasteiger partial charge in [-0.15, -0.1) is 0 Å². The summed E-state index contributed by atoms with van der Waals surface area (Å²) < 4.78 is 11.1. The molecule has 0 spiro atoms. The third-order valence-electron chi connectivity index (χ3n) is 4.39. The Labute approximate surface area is 151 Å². The molecule has 1 aromatic carbocycles. The molecule has 0 radical (unpaired) electrons. The van der Waals surface area contributed by atoms with Gasteiger partial charge in [0, 0.05) is 5.56 Å². The first-order valence-corrected chi connectivity index (χ1v) is 8.34. The lowest BCUT2D eigenvalue weighted by atomic mass is 9.99. The van der Waals surface area contributed by atoms with Gasteiger partial charge in [0.15, 0.2) is 0 Å². The molecule has 6 N–H and O–H groups in total. The molecule has 1 saturated heterocycles. The highest BCUT2D eigenvalue weighted by atomic mass is 16.7. The van der Waals surface area contributed by atoms with E-state index in [2.05, 4.69) is 0 Å². The first-order chi connectivity index (χ1) is 12.3. The number of aromatic hydroxyl groups is 1. The molecule has 8 heteroatoms. The van der Waals surface area contributed by atoms with E-state index in [1.165, 1.54) is 6.07 Å². The predicted octanol–water partition coefficient (Wildman–Crippen LogP) is -0.640. The highest BCUT2D eigenvalue weighted by Crippen LogP contribution is 2.31. The molecule has 0 saturated carbocycles. The zero-order chi connectivity index (χ0) is 19.4. The van der Waals surface area contributed by atoms with Crippen LogP contribution in [0.5, 0.6) is 11.5 Å². The minimum Gasteiger partial charge on any atom is -0.508 e. The van der Waals surface area contributed by atoms with Crippen molar-refractivity contribution < 1.29 is 40.1 Å². The number of benzene rings is 1. The lowest BCUT2D eigenvalue weighted by molar-refractivity contribution is -0.277. The van der Waals surface area contributed by atoms with Crippen molar-refractivity contribution >= 4 is 0 Å². The number of aliphatic hydroxyl groups excluding tert-OH is 5. The van der Waals surface area contributed by atoms with Crippen molar-refractivity contribution in [1.82, 2.24) is 0 Å². The highest BCUT2D eigenvalue weighted by molar-refractivity contribution is 5.46. The molecule has 1 aliphatic heterocycles. The number of aryl methyl sites for hydroxylation is 1. The van der Waals surface area contributed by atoms with Crippen LogP contribution in [-0.2, 0) is 11.2 Å². The van der Waals surface area contributed by atoms with Gasteiger partial charge in [-0.1, -0.05) is 11.6 Å². The Bertz CT molecular complexity index is 642. The summed E-state index contributed by atoms with van der Waals surface area (Å²) in [5.74, 6) is 0.378. The van der Waals surface area contributed by atoms with Gasteiger partial charge in [-0.05, 0) is 38.0 Å². The Morgan fingerprint density at radius 1 is 1.15 bits per heavy atom. The predicted molar refractivity (Wildman–Crippen MR) is 91.8 cm³/mol. The molecule has 1 aromatic rings. The van der Waals surface area contributed by atoms with Crippen LogP contribution in [0, 0.1) is 6.92 Å². The van der Waals surface area contributed by atoms with E-state index >= 15 is 0 Å². The third-order valence-corrected chi connectivity index (χ3v) is 4.39. The fourth-order valence-electron chi connectivity index (χ4n) is 2.62. The molecule has 5 atom stereocenters. The van der Waals surface area contributed by atoms with E-state index in [0.717, 1.165) is 5.57 Å².